The topological polar surface area (TPSA) is 86.1 Å². The summed E-state index contributed by atoms with van der Waals surface area (Å²) in [6, 6.07) is 12.9. The van der Waals surface area contributed by atoms with E-state index in [4.69, 9.17) is 4.74 Å². The minimum absolute atomic E-state index is 0.0894. The number of nitrogens with zero attached hydrogens (tertiary/aromatic N) is 3. The van der Waals surface area contributed by atoms with Crippen molar-refractivity contribution < 1.29 is 9.53 Å². The maximum absolute atomic E-state index is 12.5. The van der Waals surface area contributed by atoms with Crippen molar-refractivity contribution in [2.45, 2.75) is 18.5 Å². The maximum Gasteiger partial charge on any atom is 0.261 e. The van der Waals surface area contributed by atoms with Gasteiger partial charge in [0.05, 0.1) is 27.7 Å². The van der Waals surface area contributed by atoms with Gasteiger partial charge in [-0.25, -0.2) is 9.97 Å². The van der Waals surface area contributed by atoms with Crippen molar-refractivity contribution in [1.82, 2.24) is 14.5 Å². The number of carbonyl (C=O) groups excluding carboxylic acids is 1. The van der Waals surface area contributed by atoms with Gasteiger partial charge in [-0.2, -0.15) is 0 Å². The Kier molecular flexibility index (Phi) is 6.01. The zero-order valence-electron chi connectivity index (χ0n) is 16.5. The fourth-order valence-corrected chi connectivity index (χ4v) is 4.78. The van der Waals surface area contributed by atoms with Crippen LogP contribution in [0.4, 0.5) is 5.13 Å². The first-order chi connectivity index (χ1) is 14.5. The van der Waals surface area contributed by atoms with E-state index in [2.05, 4.69) is 15.3 Å². The molecular formula is C21H20N4O3S2. The minimum atomic E-state index is -0.127. The molecule has 0 saturated heterocycles. The number of anilines is 1. The van der Waals surface area contributed by atoms with Gasteiger partial charge < -0.3 is 10.1 Å². The van der Waals surface area contributed by atoms with Gasteiger partial charge in [-0.3, -0.25) is 14.2 Å². The smallest absolute Gasteiger partial charge is 0.261 e. The third-order valence-corrected chi connectivity index (χ3v) is 6.38. The summed E-state index contributed by atoms with van der Waals surface area (Å²) < 4.78 is 7.98. The number of hydrogen-bond acceptors (Lipinski definition) is 7. The Bertz CT molecular complexity index is 1280. The van der Waals surface area contributed by atoms with Crippen molar-refractivity contribution in [1.29, 1.82) is 0 Å². The first-order valence-corrected chi connectivity index (χ1v) is 11.3. The summed E-state index contributed by atoms with van der Waals surface area (Å²) in [5, 5.41) is 4.59. The fraction of sp³-hybridized carbons (Fsp3) is 0.238. The number of hydrogen-bond donors (Lipinski definition) is 1. The van der Waals surface area contributed by atoms with E-state index in [0.717, 1.165) is 16.0 Å². The molecule has 2 aromatic carbocycles. The van der Waals surface area contributed by atoms with Crippen molar-refractivity contribution in [3.8, 4) is 5.75 Å². The van der Waals surface area contributed by atoms with Gasteiger partial charge in [-0.15, -0.1) is 0 Å². The van der Waals surface area contributed by atoms with Gasteiger partial charge in [0.25, 0.3) is 5.56 Å². The molecule has 0 radical (unpaired) electrons. The molecule has 30 heavy (non-hydrogen) atoms. The molecule has 7 nitrogen and oxygen atoms in total. The molecule has 0 aliphatic rings. The van der Waals surface area contributed by atoms with E-state index >= 15 is 0 Å². The van der Waals surface area contributed by atoms with Gasteiger partial charge in [-0.1, -0.05) is 35.2 Å². The van der Waals surface area contributed by atoms with Crippen molar-refractivity contribution in [2.24, 2.45) is 7.05 Å². The predicted octanol–water partition coefficient (Wildman–Crippen LogP) is 4.06. The molecule has 154 valence electrons. The number of carbonyl (C=O) groups is 1. The lowest BCUT2D eigenvalue weighted by molar-refractivity contribution is -0.115. The molecule has 0 aliphatic heterocycles. The molecule has 0 atom stereocenters. The number of fused-ring (bicyclic) bond motifs is 2. The molecule has 0 spiro atoms. The molecule has 0 unspecified atom stereocenters. The lowest BCUT2D eigenvalue weighted by Gasteiger charge is -2.08. The predicted molar refractivity (Wildman–Crippen MR) is 122 cm³/mol. The second-order valence-electron chi connectivity index (χ2n) is 6.50. The molecule has 0 saturated carbocycles. The van der Waals surface area contributed by atoms with Crippen LogP contribution in [0.5, 0.6) is 5.75 Å². The number of thioether (sulfide) groups is 1. The highest BCUT2D eigenvalue weighted by atomic mass is 32.2. The fourth-order valence-electron chi connectivity index (χ4n) is 2.96. The number of ether oxygens (including phenoxy) is 1. The van der Waals surface area contributed by atoms with Crippen LogP contribution in [0, 0.1) is 0 Å². The van der Waals surface area contributed by atoms with Crippen molar-refractivity contribution in [3.63, 3.8) is 0 Å². The summed E-state index contributed by atoms with van der Waals surface area (Å²) in [5.41, 5.74) is 1.39. The summed E-state index contributed by atoms with van der Waals surface area (Å²) in [5.74, 6) is 1.16. The van der Waals surface area contributed by atoms with Gasteiger partial charge in [0, 0.05) is 19.2 Å². The van der Waals surface area contributed by atoms with Gasteiger partial charge in [0.2, 0.25) is 5.91 Å². The highest BCUT2D eigenvalue weighted by molar-refractivity contribution is 7.99. The first-order valence-electron chi connectivity index (χ1n) is 9.47. The first kappa shape index (κ1) is 20.4. The number of aromatic nitrogens is 3. The average molecular weight is 441 g/mol. The zero-order chi connectivity index (χ0) is 21.1. The minimum Gasteiger partial charge on any atom is -0.494 e. The highest BCUT2D eigenvalue weighted by Gasteiger charge is 2.11. The van der Waals surface area contributed by atoms with Crippen molar-refractivity contribution in [2.75, 3.05) is 17.7 Å². The molecule has 2 heterocycles. The number of thiazole rings is 1. The van der Waals surface area contributed by atoms with Gasteiger partial charge in [0.15, 0.2) is 10.3 Å². The number of rotatable bonds is 7. The molecule has 9 heteroatoms. The van der Waals surface area contributed by atoms with Crippen LogP contribution >= 0.6 is 23.1 Å². The molecule has 2 aromatic heterocycles. The molecule has 1 N–H and O–H groups in total. The Morgan fingerprint density at radius 3 is 2.87 bits per heavy atom. The van der Waals surface area contributed by atoms with Crippen LogP contribution in [0.15, 0.2) is 52.4 Å². The van der Waals surface area contributed by atoms with Gasteiger partial charge >= 0.3 is 0 Å². The van der Waals surface area contributed by atoms with E-state index in [1.54, 1.807) is 13.1 Å². The summed E-state index contributed by atoms with van der Waals surface area (Å²) in [4.78, 5) is 33.8. The number of amides is 1. The molecule has 4 rings (SSSR count). The second-order valence-corrected chi connectivity index (χ2v) is 8.60. The maximum atomic E-state index is 12.5. The normalized spacial score (nSPS) is 11.1. The molecule has 0 bridgehead atoms. The van der Waals surface area contributed by atoms with Gasteiger partial charge in [0.1, 0.15) is 5.75 Å². The van der Waals surface area contributed by atoms with Crippen LogP contribution in [-0.2, 0) is 11.8 Å². The average Bonchev–Trinajstić information content (AvgIpc) is 3.13. The Balaban J connectivity index is 1.38. The summed E-state index contributed by atoms with van der Waals surface area (Å²) in [6.07, 6.45) is 0.285. The molecule has 4 aromatic rings. The van der Waals surface area contributed by atoms with Crippen LogP contribution in [0.1, 0.15) is 13.3 Å². The number of benzene rings is 2. The number of nitrogens with one attached hydrogen (secondary N) is 1. The largest absolute Gasteiger partial charge is 0.494 e. The van der Waals surface area contributed by atoms with Crippen LogP contribution in [0.3, 0.4) is 0 Å². The van der Waals surface area contributed by atoms with Crippen LogP contribution in [0.2, 0.25) is 0 Å². The van der Waals surface area contributed by atoms with E-state index in [9.17, 15) is 9.59 Å². The summed E-state index contributed by atoms with van der Waals surface area (Å²) in [7, 11) is 1.70. The van der Waals surface area contributed by atoms with Crippen LogP contribution < -0.4 is 15.6 Å². The standard InChI is InChI=1S/C21H20N4O3S2/c1-3-28-13-8-9-16-17(12-13)30-20(22-16)24-18(26)10-11-29-21-23-15-7-5-4-6-14(15)19(27)25(21)2/h4-9,12H,3,10-11H2,1-2H3,(H,22,24,26). The van der Waals surface area contributed by atoms with Crippen LogP contribution in [-0.4, -0.2) is 32.8 Å². The Morgan fingerprint density at radius 2 is 2.03 bits per heavy atom. The van der Waals surface area contributed by atoms with Gasteiger partial charge in [-0.05, 0) is 37.3 Å². The van der Waals surface area contributed by atoms with Crippen molar-refractivity contribution >= 4 is 55.3 Å². The van der Waals surface area contributed by atoms with Crippen LogP contribution in [0.25, 0.3) is 21.1 Å². The summed E-state index contributed by atoms with van der Waals surface area (Å²) in [6.45, 7) is 2.54. The lowest BCUT2D eigenvalue weighted by atomic mass is 10.2. The molecule has 1 amide bonds. The number of para-hydroxylation sites is 1. The third-order valence-electron chi connectivity index (χ3n) is 4.42. The third kappa shape index (κ3) is 4.31. The Hall–Kier alpha value is -2.91. The zero-order valence-corrected chi connectivity index (χ0v) is 18.2. The SMILES string of the molecule is CCOc1ccc2nc(NC(=O)CCSc3nc4ccccc4c(=O)n3C)sc2c1. The Labute approximate surface area is 181 Å². The van der Waals surface area contributed by atoms with E-state index < -0.39 is 0 Å². The highest BCUT2D eigenvalue weighted by Crippen LogP contribution is 2.29. The molecule has 0 aliphatic carbocycles. The van der Waals surface area contributed by atoms with E-state index in [1.807, 2.05) is 43.3 Å². The molecular weight excluding hydrogens is 420 g/mol. The van der Waals surface area contributed by atoms with Crippen molar-refractivity contribution in [3.05, 3.63) is 52.8 Å². The monoisotopic (exact) mass is 440 g/mol. The second kappa shape index (κ2) is 8.85. The summed E-state index contributed by atoms with van der Waals surface area (Å²) >= 11 is 2.80. The quantitative estimate of drug-likeness (QED) is 0.344. The van der Waals surface area contributed by atoms with E-state index in [0.29, 0.717) is 33.6 Å². The Morgan fingerprint density at radius 1 is 1.20 bits per heavy atom. The lowest BCUT2D eigenvalue weighted by Crippen LogP contribution is -2.20. The van der Waals surface area contributed by atoms with E-state index in [1.165, 1.54) is 27.7 Å². The molecule has 0 fully saturated rings. The van der Waals surface area contributed by atoms with E-state index in [-0.39, 0.29) is 17.9 Å².